The Bertz CT molecular complexity index is 1050. The second-order valence-electron chi connectivity index (χ2n) is 6.03. The Morgan fingerprint density at radius 2 is 1.78 bits per heavy atom. The van der Waals surface area contributed by atoms with Crippen LogP contribution in [0, 0.1) is 6.92 Å². The van der Waals surface area contributed by atoms with E-state index in [1.807, 2.05) is 67.6 Å². The highest BCUT2D eigenvalue weighted by atomic mass is 35.5. The molecule has 0 saturated carbocycles. The van der Waals surface area contributed by atoms with Crippen molar-refractivity contribution in [1.29, 1.82) is 0 Å². The molecule has 1 saturated heterocycles. The van der Waals surface area contributed by atoms with Crippen LogP contribution in [0.3, 0.4) is 0 Å². The minimum Gasteiger partial charge on any atom is -0.314 e. The van der Waals surface area contributed by atoms with Gasteiger partial charge in [0.25, 0.3) is 5.91 Å². The molecule has 2 aromatic carbocycles. The molecule has 0 unspecified atom stereocenters. The first-order valence-electron chi connectivity index (χ1n) is 8.39. The van der Waals surface area contributed by atoms with Crippen molar-refractivity contribution in [2.75, 3.05) is 0 Å². The van der Waals surface area contributed by atoms with Crippen LogP contribution in [0.2, 0.25) is 5.02 Å². The van der Waals surface area contributed by atoms with E-state index >= 15 is 0 Å². The highest BCUT2D eigenvalue weighted by Gasteiger charge is 2.24. The smallest absolute Gasteiger partial charge is 0.264 e. The molecule has 1 aliphatic heterocycles. The molecular formula is C21H16ClN3OS. The van der Waals surface area contributed by atoms with Gasteiger partial charge in [0, 0.05) is 22.1 Å². The Hall–Kier alpha value is -2.76. The van der Waals surface area contributed by atoms with Crippen molar-refractivity contribution in [1.82, 2.24) is 9.88 Å². The van der Waals surface area contributed by atoms with Crippen LogP contribution in [-0.4, -0.2) is 15.6 Å². The molecule has 0 aliphatic carbocycles. The highest BCUT2D eigenvalue weighted by Crippen LogP contribution is 2.29. The predicted octanol–water partition coefficient (Wildman–Crippen LogP) is 5.33. The number of amidine groups is 1. The molecule has 1 fully saturated rings. The van der Waals surface area contributed by atoms with Gasteiger partial charge in [-0.1, -0.05) is 29.8 Å². The maximum atomic E-state index is 12.4. The summed E-state index contributed by atoms with van der Waals surface area (Å²) in [7, 11) is 0. The largest absolute Gasteiger partial charge is 0.314 e. The number of nitrogens with zero attached hydrogens (tertiary/aromatic N) is 2. The summed E-state index contributed by atoms with van der Waals surface area (Å²) in [4.78, 5) is 17.5. The fraction of sp³-hybridized carbons (Fsp3) is 0.0476. The number of benzene rings is 2. The molecule has 27 heavy (non-hydrogen) atoms. The average molecular weight is 394 g/mol. The summed E-state index contributed by atoms with van der Waals surface area (Å²) >= 11 is 7.23. The normalized spacial score (nSPS) is 16.9. The first kappa shape index (κ1) is 17.6. The molecule has 1 aromatic heterocycles. The fourth-order valence-electron chi connectivity index (χ4n) is 2.85. The lowest BCUT2D eigenvalue weighted by atomic mass is 10.3. The number of hydrogen-bond acceptors (Lipinski definition) is 3. The zero-order valence-corrected chi connectivity index (χ0v) is 16.1. The molecule has 0 spiro atoms. The molecule has 134 valence electrons. The second kappa shape index (κ2) is 7.47. The molecule has 0 atom stereocenters. The van der Waals surface area contributed by atoms with Crippen LogP contribution in [-0.2, 0) is 4.79 Å². The predicted molar refractivity (Wildman–Crippen MR) is 113 cm³/mol. The minimum atomic E-state index is -0.147. The third-order valence-corrected chi connectivity index (χ3v) is 5.27. The van der Waals surface area contributed by atoms with Gasteiger partial charge in [-0.15, -0.1) is 0 Å². The van der Waals surface area contributed by atoms with E-state index < -0.39 is 0 Å². The van der Waals surface area contributed by atoms with Crippen molar-refractivity contribution in [3.05, 3.63) is 88.0 Å². The van der Waals surface area contributed by atoms with Gasteiger partial charge in [0.2, 0.25) is 0 Å². The molecule has 1 amide bonds. The van der Waals surface area contributed by atoms with E-state index in [2.05, 4.69) is 14.9 Å². The lowest BCUT2D eigenvalue weighted by Crippen LogP contribution is -2.19. The number of amides is 1. The van der Waals surface area contributed by atoms with E-state index in [1.54, 1.807) is 12.1 Å². The minimum absolute atomic E-state index is 0.147. The number of rotatable bonds is 3. The van der Waals surface area contributed by atoms with Gasteiger partial charge in [-0.25, -0.2) is 4.99 Å². The summed E-state index contributed by atoms with van der Waals surface area (Å²) in [5.74, 6) is -0.147. The first-order chi connectivity index (χ1) is 13.1. The second-order valence-corrected chi connectivity index (χ2v) is 7.50. The van der Waals surface area contributed by atoms with Crippen molar-refractivity contribution < 1.29 is 4.79 Å². The van der Waals surface area contributed by atoms with Crippen molar-refractivity contribution >= 4 is 46.2 Å². The molecule has 2 heterocycles. The number of aliphatic imine (C=N–C) groups is 1. The van der Waals surface area contributed by atoms with Gasteiger partial charge in [-0.2, -0.15) is 0 Å². The van der Waals surface area contributed by atoms with E-state index in [1.165, 1.54) is 11.8 Å². The van der Waals surface area contributed by atoms with E-state index in [4.69, 9.17) is 11.6 Å². The number of carbonyl (C=O) groups is 1. The van der Waals surface area contributed by atoms with Crippen LogP contribution in [0.1, 0.15) is 11.4 Å². The summed E-state index contributed by atoms with van der Waals surface area (Å²) in [5.41, 5.74) is 3.85. The van der Waals surface area contributed by atoms with Gasteiger partial charge in [-0.05, 0) is 73.3 Å². The molecule has 3 aromatic rings. The van der Waals surface area contributed by atoms with Crippen molar-refractivity contribution in [3.63, 3.8) is 0 Å². The molecule has 1 aliphatic rings. The fourth-order valence-corrected chi connectivity index (χ4v) is 3.80. The maximum absolute atomic E-state index is 12.4. The standard InChI is InChI=1S/C21H16ClN3OS/c1-14-7-12-18(25(14)17-5-3-2-4-6-17)13-19-20(26)24-21(27-19)23-16-10-8-15(22)9-11-16/h2-13H,1H3,(H,23,24,26)/b19-13-. The van der Waals surface area contributed by atoms with Crippen molar-refractivity contribution in [2.45, 2.75) is 6.92 Å². The van der Waals surface area contributed by atoms with E-state index in [0.29, 0.717) is 15.1 Å². The SMILES string of the molecule is Cc1ccc(/C=C2\SC(=Nc3ccc(Cl)cc3)NC2=O)n1-c1ccccc1. The van der Waals surface area contributed by atoms with Gasteiger partial charge in [0.05, 0.1) is 10.6 Å². The molecule has 0 radical (unpaired) electrons. The van der Waals surface area contributed by atoms with Crippen LogP contribution in [0.4, 0.5) is 5.69 Å². The molecule has 4 nitrogen and oxygen atoms in total. The van der Waals surface area contributed by atoms with Crippen LogP contribution >= 0.6 is 23.4 Å². The number of para-hydroxylation sites is 1. The Morgan fingerprint density at radius 1 is 1.04 bits per heavy atom. The number of aromatic nitrogens is 1. The summed E-state index contributed by atoms with van der Waals surface area (Å²) in [6.45, 7) is 2.05. The topological polar surface area (TPSA) is 46.4 Å². The van der Waals surface area contributed by atoms with E-state index in [-0.39, 0.29) is 5.91 Å². The van der Waals surface area contributed by atoms with E-state index in [0.717, 1.165) is 22.8 Å². The van der Waals surface area contributed by atoms with Crippen molar-refractivity contribution in [3.8, 4) is 5.69 Å². The Kier molecular flexibility index (Phi) is 4.88. The molecule has 1 N–H and O–H groups in total. The number of hydrogen-bond donors (Lipinski definition) is 1. The highest BCUT2D eigenvalue weighted by molar-refractivity contribution is 8.18. The molecular weight excluding hydrogens is 378 g/mol. The van der Waals surface area contributed by atoms with Gasteiger partial charge < -0.3 is 9.88 Å². The quantitative estimate of drug-likeness (QED) is 0.611. The number of carbonyl (C=O) groups excluding carboxylic acids is 1. The summed E-state index contributed by atoms with van der Waals surface area (Å²) in [6, 6.07) is 21.3. The summed E-state index contributed by atoms with van der Waals surface area (Å²) in [5, 5.41) is 4.03. The first-order valence-corrected chi connectivity index (χ1v) is 9.58. The van der Waals surface area contributed by atoms with Crippen LogP contribution in [0.25, 0.3) is 11.8 Å². The third kappa shape index (κ3) is 3.84. The van der Waals surface area contributed by atoms with Gasteiger partial charge in [0.15, 0.2) is 5.17 Å². The number of aryl methyl sites for hydroxylation is 1. The Balaban J connectivity index is 1.64. The molecule has 4 rings (SSSR count). The molecule has 0 bridgehead atoms. The average Bonchev–Trinajstić information content (AvgIpc) is 3.20. The monoisotopic (exact) mass is 393 g/mol. The number of thioether (sulfide) groups is 1. The van der Waals surface area contributed by atoms with Crippen LogP contribution in [0.5, 0.6) is 0 Å². The Morgan fingerprint density at radius 3 is 2.52 bits per heavy atom. The molecule has 6 heteroatoms. The third-order valence-electron chi connectivity index (χ3n) is 4.11. The summed E-state index contributed by atoms with van der Waals surface area (Å²) < 4.78 is 2.12. The van der Waals surface area contributed by atoms with E-state index in [9.17, 15) is 4.79 Å². The Labute approximate surface area is 166 Å². The lowest BCUT2D eigenvalue weighted by Gasteiger charge is -2.09. The number of nitrogens with one attached hydrogen (secondary N) is 1. The van der Waals surface area contributed by atoms with Crippen LogP contribution < -0.4 is 5.32 Å². The lowest BCUT2D eigenvalue weighted by molar-refractivity contribution is -0.115. The van der Waals surface area contributed by atoms with Crippen molar-refractivity contribution in [2.24, 2.45) is 4.99 Å². The van der Waals surface area contributed by atoms with Crippen LogP contribution in [0.15, 0.2) is 76.6 Å². The maximum Gasteiger partial charge on any atom is 0.264 e. The van der Waals surface area contributed by atoms with Gasteiger partial charge in [0.1, 0.15) is 0 Å². The number of halogens is 1. The zero-order chi connectivity index (χ0) is 18.8. The zero-order valence-electron chi connectivity index (χ0n) is 14.5. The van der Waals surface area contributed by atoms with Gasteiger partial charge >= 0.3 is 0 Å². The summed E-state index contributed by atoms with van der Waals surface area (Å²) in [6.07, 6.45) is 1.89. The van der Waals surface area contributed by atoms with Gasteiger partial charge in [-0.3, -0.25) is 4.79 Å².